The van der Waals surface area contributed by atoms with Crippen molar-refractivity contribution < 1.29 is 8.42 Å². The van der Waals surface area contributed by atoms with Gasteiger partial charge >= 0.3 is 0 Å². The SMILES string of the molecule is CCCn1cc(S(=O)(=O)N[C@@H]2CCNC2)nc1C. The second-order valence-corrected chi connectivity index (χ2v) is 6.29. The van der Waals surface area contributed by atoms with Crippen molar-refractivity contribution in [3.63, 3.8) is 0 Å². The summed E-state index contributed by atoms with van der Waals surface area (Å²) >= 11 is 0. The van der Waals surface area contributed by atoms with E-state index in [-0.39, 0.29) is 11.1 Å². The van der Waals surface area contributed by atoms with Gasteiger partial charge in [-0.2, -0.15) is 0 Å². The summed E-state index contributed by atoms with van der Waals surface area (Å²) in [4.78, 5) is 4.14. The molecule has 0 unspecified atom stereocenters. The lowest BCUT2D eigenvalue weighted by Gasteiger charge is -2.09. The van der Waals surface area contributed by atoms with E-state index < -0.39 is 10.0 Å². The van der Waals surface area contributed by atoms with Gasteiger partial charge in [0, 0.05) is 25.3 Å². The molecule has 1 aliphatic rings. The first-order valence-corrected chi connectivity index (χ1v) is 7.78. The van der Waals surface area contributed by atoms with Gasteiger partial charge in [0.05, 0.1) is 0 Å². The van der Waals surface area contributed by atoms with Gasteiger partial charge in [0.15, 0.2) is 5.03 Å². The molecule has 0 saturated carbocycles. The molecule has 102 valence electrons. The summed E-state index contributed by atoms with van der Waals surface area (Å²) in [5, 5.41) is 3.26. The largest absolute Gasteiger partial charge is 0.334 e. The molecule has 0 aliphatic carbocycles. The van der Waals surface area contributed by atoms with Crippen LogP contribution >= 0.6 is 0 Å². The molecule has 7 heteroatoms. The van der Waals surface area contributed by atoms with Gasteiger partial charge in [-0.15, -0.1) is 0 Å². The minimum atomic E-state index is -3.49. The third kappa shape index (κ3) is 2.90. The van der Waals surface area contributed by atoms with E-state index in [0.29, 0.717) is 6.54 Å². The Labute approximate surface area is 108 Å². The van der Waals surface area contributed by atoms with Gasteiger partial charge in [0.25, 0.3) is 10.0 Å². The van der Waals surface area contributed by atoms with Gasteiger partial charge in [-0.05, 0) is 26.3 Å². The van der Waals surface area contributed by atoms with Crippen LogP contribution in [0.3, 0.4) is 0 Å². The molecule has 18 heavy (non-hydrogen) atoms. The maximum atomic E-state index is 12.1. The first-order valence-electron chi connectivity index (χ1n) is 6.29. The van der Waals surface area contributed by atoms with E-state index in [4.69, 9.17) is 0 Å². The third-order valence-corrected chi connectivity index (χ3v) is 4.47. The van der Waals surface area contributed by atoms with Gasteiger partial charge < -0.3 is 9.88 Å². The Kier molecular flexibility index (Phi) is 4.04. The molecule has 1 fully saturated rings. The number of aryl methyl sites for hydroxylation is 2. The lowest BCUT2D eigenvalue weighted by Crippen LogP contribution is -2.36. The summed E-state index contributed by atoms with van der Waals surface area (Å²) in [5.41, 5.74) is 0. The average molecular weight is 272 g/mol. The highest BCUT2D eigenvalue weighted by Crippen LogP contribution is 2.11. The lowest BCUT2D eigenvalue weighted by atomic mass is 10.3. The zero-order valence-corrected chi connectivity index (χ0v) is 11.6. The Balaban J connectivity index is 2.15. The van der Waals surface area contributed by atoms with Crippen LogP contribution in [0.15, 0.2) is 11.2 Å². The minimum absolute atomic E-state index is 0.0216. The number of nitrogens with one attached hydrogen (secondary N) is 2. The van der Waals surface area contributed by atoms with Crippen LogP contribution in [0.1, 0.15) is 25.6 Å². The Morgan fingerprint density at radius 1 is 1.61 bits per heavy atom. The molecular formula is C11H20N4O2S. The second kappa shape index (κ2) is 5.38. The van der Waals surface area contributed by atoms with Crippen molar-refractivity contribution in [3.8, 4) is 0 Å². The predicted molar refractivity (Wildman–Crippen MR) is 68.9 cm³/mol. The topological polar surface area (TPSA) is 76.0 Å². The molecule has 0 aromatic carbocycles. The summed E-state index contributed by atoms with van der Waals surface area (Å²) in [6.07, 6.45) is 3.40. The molecule has 2 N–H and O–H groups in total. The second-order valence-electron chi connectivity index (χ2n) is 4.63. The highest BCUT2D eigenvalue weighted by molar-refractivity contribution is 7.89. The third-order valence-electron chi connectivity index (χ3n) is 3.08. The van der Waals surface area contributed by atoms with E-state index >= 15 is 0 Å². The van der Waals surface area contributed by atoms with Gasteiger partial charge in [0.1, 0.15) is 5.82 Å². The summed E-state index contributed by atoms with van der Waals surface area (Å²) in [6, 6.07) is -0.0216. The molecule has 0 bridgehead atoms. The maximum Gasteiger partial charge on any atom is 0.259 e. The number of imidazole rings is 1. The van der Waals surface area contributed by atoms with Gasteiger partial charge in [-0.25, -0.2) is 18.1 Å². The summed E-state index contributed by atoms with van der Waals surface area (Å²) < 4.78 is 28.9. The van der Waals surface area contributed by atoms with Crippen LogP contribution in [0.2, 0.25) is 0 Å². The fourth-order valence-electron chi connectivity index (χ4n) is 2.11. The molecular weight excluding hydrogens is 252 g/mol. The highest BCUT2D eigenvalue weighted by Gasteiger charge is 2.25. The smallest absolute Gasteiger partial charge is 0.259 e. The average Bonchev–Trinajstić information content (AvgIpc) is 2.90. The molecule has 0 spiro atoms. The van der Waals surface area contributed by atoms with Crippen LogP contribution in [-0.2, 0) is 16.6 Å². The molecule has 1 aromatic heterocycles. The monoisotopic (exact) mass is 272 g/mol. The number of nitrogens with zero attached hydrogens (tertiary/aromatic N) is 2. The van der Waals surface area contributed by atoms with Crippen molar-refractivity contribution in [3.05, 3.63) is 12.0 Å². The first kappa shape index (κ1) is 13.5. The summed E-state index contributed by atoms with van der Waals surface area (Å²) in [7, 11) is -3.49. The fraction of sp³-hybridized carbons (Fsp3) is 0.727. The molecule has 0 amide bonds. The molecule has 1 aliphatic heterocycles. The number of hydrogen-bond acceptors (Lipinski definition) is 4. The van der Waals surface area contributed by atoms with E-state index in [1.165, 1.54) is 0 Å². The van der Waals surface area contributed by atoms with Crippen LogP contribution in [0.25, 0.3) is 0 Å². The molecule has 0 radical (unpaired) electrons. The molecule has 2 rings (SSSR count). The van der Waals surface area contributed by atoms with E-state index in [1.54, 1.807) is 6.20 Å². The number of aromatic nitrogens is 2. The predicted octanol–water partition coefficient (Wildman–Crippen LogP) is 0.242. The normalized spacial score (nSPS) is 20.4. The Morgan fingerprint density at radius 2 is 2.39 bits per heavy atom. The van der Waals surface area contributed by atoms with Crippen molar-refractivity contribution in [2.75, 3.05) is 13.1 Å². The quantitative estimate of drug-likeness (QED) is 0.805. The Morgan fingerprint density at radius 3 is 3.00 bits per heavy atom. The van der Waals surface area contributed by atoms with Crippen LogP contribution in [0.5, 0.6) is 0 Å². The van der Waals surface area contributed by atoms with Gasteiger partial charge in [-0.3, -0.25) is 0 Å². The minimum Gasteiger partial charge on any atom is -0.334 e. The summed E-state index contributed by atoms with van der Waals surface area (Å²) in [5.74, 6) is 0.738. The standard InChI is InChI=1S/C11H20N4O2S/c1-3-6-15-8-11(13-9(15)2)18(16,17)14-10-4-5-12-7-10/h8,10,12,14H,3-7H2,1-2H3/t10-/m1/s1. The molecule has 2 heterocycles. The molecule has 6 nitrogen and oxygen atoms in total. The highest BCUT2D eigenvalue weighted by atomic mass is 32.2. The van der Waals surface area contributed by atoms with E-state index in [9.17, 15) is 8.42 Å². The molecule has 1 aromatic rings. The van der Waals surface area contributed by atoms with Crippen molar-refractivity contribution >= 4 is 10.0 Å². The zero-order valence-electron chi connectivity index (χ0n) is 10.8. The van der Waals surface area contributed by atoms with Crippen molar-refractivity contribution in [1.29, 1.82) is 0 Å². The van der Waals surface area contributed by atoms with E-state index in [2.05, 4.69) is 21.9 Å². The zero-order chi connectivity index (χ0) is 13.2. The van der Waals surface area contributed by atoms with Gasteiger partial charge in [0.2, 0.25) is 0 Å². The summed E-state index contributed by atoms with van der Waals surface area (Å²) in [6.45, 7) is 6.21. The van der Waals surface area contributed by atoms with E-state index in [0.717, 1.165) is 31.8 Å². The Bertz CT molecular complexity index is 503. The number of hydrogen-bond donors (Lipinski definition) is 2. The lowest BCUT2D eigenvalue weighted by molar-refractivity contribution is 0.556. The first-order chi connectivity index (χ1) is 8.53. The van der Waals surface area contributed by atoms with Crippen molar-refractivity contribution in [1.82, 2.24) is 19.6 Å². The van der Waals surface area contributed by atoms with Crippen molar-refractivity contribution in [2.45, 2.75) is 44.3 Å². The van der Waals surface area contributed by atoms with Crippen LogP contribution in [0.4, 0.5) is 0 Å². The van der Waals surface area contributed by atoms with Crippen LogP contribution in [0, 0.1) is 6.92 Å². The molecule has 1 atom stereocenters. The number of rotatable bonds is 5. The fourth-order valence-corrected chi connectivity index (χ4v) is 3.39. The van der Waals surface area contributed by atoms with Gasteiger partial charge in [-0.1, -0.05) is 6.92 Å². The van der Waals surface area contributed by atoms with Crippen LogP contribution < -0.4 is 10.0 Å². The molecule has 1 saturated heterocycles. The maximum absolute atomic E-state index is 12.1. The Hall–Kier alpha value is -0.920. The number of sulfonamides is 1. The van der Waals surface area contributed by atoms with Crippen molar-refractivity contribution in [2.24, 2.45) is 0 Å². The van der Waals surface area contributed by atoms with E-state index in [1.807, 2.05) is 11.5 Å². The van der Waals surface area contributed by atoms with Crippen LogP contribution in [-0.4, -0.2) is 37.1 Å².